The number of benzene rings is 1. The molecule has 19 heavy (non-hydrogen) atoms. The molecule has 1 saturated carbocycles. The van der Waals surface area contributed by atoms with Gasteiger partial charge in [-0.3, -0.25) is 4.79 Å². The summed E-state index contributed by atoms with van der Waals surface area (Å²) in [5.74, 6) is 0.692. The SMILES string of the molecule is CC(=O)/C=C(/C)c1ccc(C2CCCCC2)c(Cl)c1. The number of ketones is 1. The van der Waals surface area contributed by atoms with Gasteiger partial charge in [0.1, 0.15) is 0 Å². The first-order valence-electron chi connectivity index (χ1n) is 7.06. The number of halogens is 1. The van der Waals surface area contributed by atoms with Gasteiger partial charge in [0, 0.05) is 5.02 Å². The van der Waals surface area contributed by atoms with E-state index in [-0.39, 0.29) is 5.78 Å². The number of carbonyl (C=O) groups excluding carboxylic acids is 1. The van der Waals surface area contributed by atoms with Crippen LogP contribution in [0.25, 0.3) is 5.57 Å². The third-order valence-corrected chi connectivity index (χ3v) is 4.25. The number of carbonyl (C=O) groups is 1. The molecule has 1 aromatic rings. The van der Waals surface area contributed by atoms with Crippen molar-refractivity contribution < 1.29 is 4.79 Å². The lowest BCUT2D eigenvalue weighted by Crippen LogP contribution is -2.05. The molecular weight excluding hydrogens is 256 g/mol. The van der Waals surface area contributed by atoms with E-state index < -0.39 is 0 Å². The fourth-order valence-corrected chi connectivity index (χ4v) is 3.24. The standard InChI is InChI=1S/C17H21ClO/c1-12(10-13(2)19)15-8-9-16(17(18)11-15)14-6-4-3-5-7-14/h8-11,14H,3-7H2,1-2H3/b12-10-. The molecule has 1 nitrogen and oxygen atoms in total. The smallest absolute Gasteiger partial charge is 0.152 e. The third-order valence-electron chi connectivity index (χ3n) is 3.92. The van der Waals surface area contributed by atoms with Crippen molar-refractivity contribution in [3.8, 4) is 0 Å². The second-order valence-electron chi connectivity index (χ2n) is 5.51. The molecule has 0 N–H and O–H groups in total. The highest BCUT2D eigenvalue weighted by Crippen LogP contribution is 2.37. The van der Waals surface area contributed by atoms with Crippen LogP contribution in [0.5, 0.6) is 0 Å². The Hall–Kier alpha value is -1.08. The molecule has 2 heteroatoms. The summed E-state index contributed by atoms with van der Waals surface area (Å²) in [7, 11) is 0. The van der Waals surface area contributed by atoms with Crippen molar-refractivity contribution in [1.29, 1.82) is 0 Å². The van der Waals surface area contributed by atoms with Gasteiger partial charge in [0.15, 0.2) is 5.78 Å². The van der Waals surface area contributed by atoms with Gasteiger partial charge in [-0.1, -0.05) is 43.0 Å². The van der Waals surface area contributed by atoms with Gasteiger partial charge < -0.3 is 0 Å². The molecule has 0 aromatic heterocycles. The summed E-state index contributed by atoms with van der Waals surface area (Å²) < 4.78 is 0. The van der Waals surface area contributed by atoms with Crippen LogP contribution in [0.1, 0.15) is 63.0 Å². The van der Waals surface area contributed by atoms with Crippen LogP contribution < -0.4 is 0 Å². The second kappa shape index (κ2) is 6.38. The van der Waals surface area contributed by atoms with Crippen molar-refractivity contribution in [1.82, 2.24) is 0 Å². The molecule has 0 radical (unpaired) electrons. The Balaban J connectivity index is 2.23. The van der Waals surface area contributed by atoms with E-state index in [1.165, 1.54) is 37.7 Å². The molecule has 0 aliphatic heterocycles. The van der Waals surface area contributed by atoms with Crippen molar-refractivity contribution >= 4 is 23.0 Å². The van der Waals surface area contributed by atoms with Crippen molar-refractivity contribution in [2.45, 2.75) is 51.9 Å². The summed E-state index contributed by atoms with van der Waals surface area (Å²) in [6, 6.07) is 6.23. The summed E-state index contributed by atoms with van der Waals surface area (Å²) in [5.41, 5.74) is 3.30. The van der Waals surface area contributed by atoms with Gasteiger partial charge in [-0.15, -0.1) is 0 Å². The molecule has 0 unspecified atom stereocenters. The third kappa shape index (κ3) is 3.70. The molecular formula is C17H21ClO. The average molecular weight is 277 g/mol. The molecule has 102 valence electrons. The average Bonchev–Trinajstić information content (AvgIpc) is 2.38. The van der Waals surface area contributed by atoms with Gasteiger partial charge in [-0.25, -0.2) is 0 Å². The van der Waals surface area contributed by atoms with Crippen LogP contribution in [0, 0.1) is 0 Å². The van der Waals surface area contributed by atoms with E-state index in [0.717, 1.165) is 16.2 Å². The van der Waals surface area contributed by atoms with E-state index in [2.05, 4.69) is 12.1 Å². The van der Waals surface area contributed by atoms with Gasteiger partial charge in [-0.05, 0) is 61.4 Å². The van der Waals surface area contributed by atoms with E-state index >= 15 is 0 Å². The highest BCUT2D eigenvalue weighted by Gasteiger charge is 2.18. The molecule has 1 aliphatic carbocycles. The first-order chi connectivity index (χ1) is 9.08. The molecule has 0 spiro atoms. The zero-order valence-corrected chi connectivity index (χ0v) is 12.5. The monoisotopic (exact) mass is 276 g/mol. The minimum absolute atomic E-state index is 0.0741. The van der Waals surface area contributed by atoms with Crippen molar-refractivity contribution in [2.75, 3.05) is 0 Å². The van der Waals surface area contributed by atoms with Gasteiger partial charge in [0.25, 0.3) is 0 Å². The minimum Gasteiger partial charge on any atom is -0.295 e. The predicted octanol–water partition coefficient (Wildman–Crippen LogP) is 5.38. The lowest BCUT2D eigenvalue weighted by atomic mass is 9.83. The summed E-state index contributed by atoms with van der Waals surface area (Å²) >= 11 is 6.43. The maximum atomic E-state index is 11.1. The van der Waals surface area contributed by atoms with Crippen LogP contribution in [0.3, 0.4) is 0 Å². The van der Waals surface area contributed by atoms with Gasteiger partial charge in [0.05, 0.1) is 0 Å². The van der Waals surface area contributed by atoms with Gasteiger partial charge in [0.2, 0.25) is 0 Å². The summed E-state index contributed by atoms with van der Waals surface area (Å²) in [5, 5.41) is 0.848. The maximum absolute atomic E-state index is 11.1. The molecule has 0 amide bonds. The van der Waals surface area contributed by atoms with Crippen LogP contribution in [-0.2, 0) is 4.79 Å². The van der Waals surface area contributed by atoms with E-state index in [1.807, 2.05) is 13.0 Å². The summed E-state index contributed by atoms with van der Waals surface area (Å²) in [4.78, 5) is 11.1. The molecule has 1 fully saturated rings. The van der Waals surface area contributed by atoms with E-state index in [9.17, 15) is 4.79 Å². The van der Waals surface area contributed by atoms with Gasteiger partial charge in [-0.2, -0.15) is 0 Å². The van der Waals surface area contributed by atoms with Crippen molar-refractivity contribution in [3.63, 3.8) is 0 Å². The fourth-order valence-electron chi connectivity index (χ4n) is 2.91. The second-order valence-corrected chi connectivity index (χ2v) is 5.92. The molecule has 0 heterocycles. The zero-order chi connectivity index (χ0) is 13.8. The number of rotatable bonds is 3. The largest absolute Gasteiger partial charge is 0.295 e. The highest BCUT2D eigenvalue weighted by molar-refractivity contribution is 6.31. The molecule has 0 atom stereocenters. The van der Waals surface area contributed by atoms with Crippen LogP contribution >= 0.6 is 11.6 Å². The van der Waals surface area contributed by atoms with E-state index in [4.69, 9.17) is 11.6 Å². The Morgan fingerprint density at radius 3 is 2.47 bits per heavy atom. The Morgan fingerprint density at radius 1 is 1.21 bits per heavy atom. The Bertz CT molecular complexity index is 496. The van der Waals surface area contributed by atoms with E-state index in [0.29, 0.717) is 5.92 Å². The summed E-state index contributed by atoms with van der Waals surface area (Å²) in [6.45, 7) is 3.52. The van der Waals surface area contributed by atoms with Gasteiger partial charge >= 0.3 is 0 Å². The number of hydrogen-bond donors (Lipinski definition) is 0. The lowest BCUT2D eigenvalue weighted by molar-refractivity contribution is -0.112. The molecule has 2 rings (SSSR count). The van der Waals surface area contributed by atoms with Crippen molar-refractivity contribution in [2.24, 2.45) is 0 Å². The molecule has 0 bridgehead atoms. The quantitative estimate of drug-likeness (QED) is 0.677. The first-order valence-corrected chi connectivity index (χ1v) is 7.44. The summed E-state index contributed by atoms with van der Waals surface area (Å²) in [6.07, 6.45) is 8.14. The zero-order valence-electron chi connectivity index (χ0n) is 11.7. The van der Waals surface area contributed by atoms with Crippen LogP contribution in [0.4, 0.5) is 0 Å². The minimum atomic E-state index is 0.0741. The molecule has 1 aromatic carbocycles. The predicted molar refractivity (Wildman–Crippen MR) is 81.6 cm³/mol. The fraction of sp³-hybridized carbons (Fsp3) is 0.471. The topological polar surface area (TPSA) is 17.1 Å². The number of hydrogen-bond acceptors (Lipinski definition) is 1. The van der Waals surface area contributed by atoms with Crippen LogP contribution in [0.15, 0.2) is 24.3 Å². The Morgan fingerprint density at radius 2 is 1.89 bits per heavy atom. The Kier molecular flexibility index (Phi) is 4.81. The molecule has 0 saturated heterocycles. The first kappa shape index (κ1) is 14.3. The van der Waals surface area contributed by atoms with Crippen LogP contribution in [-0.4, -0.2) is 5.78 Å². The van der Waals surface area contributed by atoms with E-state index in [1.54, 1.807) is 13.0 Å². The Labute approximate surface area is 120 Å². The van der Waals surface area contributed by atoms with Crippen molar-refractivity contribution in [3.05, 3.63) is 40.4 Å². The normalized spacial score (nSPS) is 17.5. The lowest BCUT2D eigenvalue weighted by Gasteiger charge is -2.23. The highest BCUT2D eigenvalue weighted by atomic mass is 35.5. The molecule has 1 aliphatic rings. The number of allylic oxidation sites excluding steroid dienone is 2. The van der Waals surface area contributed by atoms with Crippen LogP contribution in [0.2, 0.25) is 5.02 Å². The maximum Gasteiger partial charge on any atom is 0.152 e.